The molecular weight excluding hydrogens is 407 g/mol. The number of H-pyrrole nitrogens is 1. The minimum Gasteiger partial charge on any atom is -0.461 e. The Morgan fingerprint density at radius 2 is 2.07 bits per heavy atom. The lowest BCUT2D eigenvalue weighted by atomic mass is 9.80. The summed E-state index contributed by atoms with van der Waals surface area (Å²) in [5, 5.41) is 1.89. The van der Waals surface area contributed by atoms with Gasteiger partial charge in [0.2, 0.25) is 0 Å². The molecule has 0 spiro atoms. The Balaban J connectivity index is 1.41. The van der Waals surface area contributed by atoms with Gasteiger partial charge in [-0.2, -0.15) is 0 Å². The molecular formula is C23H20Cl2N2O2. The maximum absolute atomic E-state index is 12.5. The fourth-order valence-corrected chi connectivity index (χ4v) is 4.95. The van der Waals surface area contributed by atoms with Crippen LogP contribution in [0.3, 0.4) is 0 Å². The van der Waals surface area contributed by atoms with Crippen LogP contribution >= 0.6 is 23.2 Å². The molecule has 0 radical (unpaired) electrons. The van der Waals surface area contributed by atoms with Crippen molar-refractivity contribution in [1.29, 1.82) is 0 Å². The van der Waals surface area contributed by atoms with E-state index >= 15 is 0 Å². The smallest absolute Gasteiger partial charge is 0.339 e. The van der Waals surface area contributed by atoms with Crippen molar-refractivity contribution in [2.24, 2.45) is 5.92 Å². The fourth-order valence-electron chi connectivity index (χ4n) is 4.58. The second-order valence-corrected chi connectivity index (χ2v) is 8.57. The van der Waals surface area contributed by atoms with Crippen LogP contribution in [0.2, 0.25) is 10.0 Å². The standard InChI is InChI=1S/C23H20Cl2N2O2/c1-27-11-13(12-29-23(28)16-5-2-6-18(24)22(16)25)8-17-15-4-3-7-19-21(15)14(10-26-19)9-20(17)27/h2-8,10,13,20,26H,9,11-12H2,1H3/t13-,20-/m1/s1. The first kappa shape index (κ1) is 18.7. The summed E-state index contributed by atoms with van der Waals surface area (Å²) in [4.78, 5) is 18.2. The van der Waals surface area contributed by atoms with Crippen molar-refractivity contribution in [2.45, 2.75) is 12.5 Å². The molecule has 5 rings (SSSR count). The van der Waals surface area contributed by atoms with E-state index < -0.39 is 5.97 Å². The summed E-state index contributed by atoms with van der Waals surface area (Å²) in [5.74, 6) is -0.330. The first-order valence-electron chi connectivity index (χ1n) is 9.65. The number of hydrogen-bond acceptors (Lipinski definition) is 3. The summed E-state index contributed by atoms with van der Waals surface area (Å²) in [5.41, 5.74) is 5.43. The van der Waals surface area contributed by atoms with Gasteiger partial charge in [-0.05, 0) is 48.4 Å². The summed E-state index contributed by atoms with van der Waals surface area (Å²) in [6.45, 7) is 1.14. The lowest BCUT2D eigenvalue weighted by Gasteiger charge is -2.39. The maximum atomic E-state index is 12.5. The van der Waals surface area contributed by atoms with Crippen LogP contribution in [0.15, 0.2) is 48.7 Å². The highest BCUT2D eigenvalue weighted by Crippen LogP contribution is 2.40. The molecule has 1 N–H and O–H groups in total. The summed E-state index contributed by atoms with van der Waals surface area (Å²) >= 11 is 12.2. The van der Waals surface area contributed by atoms with Crippen LogP contribution in [0.25, 0.3) is 16.5 Å². The van der Waals surface area contributed by atoms with Gasteiger partial charge in [-0.15, -0.1) is 0 Å². The number of fused-ring (bicyclic) bond motifs is 2. The van der Waals surface area contributed by atoms with Gasteiger partial charge in [-0.3, -0.25) is 4.90 Å². The third-order valence-electron chi connectivity index (χ3n) is 5.94. The number of rotatable bonds is 3. The van der Waals surface area contributed by atoms with Crippen molar-refractivity contribution in [2.75, 3.05) is 20.2 Å². The highest BCUT2D eigenvalue weighted by Gasteiger charge is 2.34. The van der Waals surface area contributed by atoms with Crippen LogP contribution < -0.4 is 0 Å². The van der Waals surface area contributed by atoms with Crippen molar-refractivity contribution in [1.82, 2.24) is 9.88 Å². The van der Waals surface area contributed by atoms with Crippen molar-refractivity contribution in [3.8, 4) is 0 Å². The zero-order valence-corrected chi connectivity index (χ0v) is 17.4. The summed E-state index contributed by atoms with van der Waals surface area (Å²) in [6, 6.07) is 11.7. The minimum absolute atomic E-state index is 0.115. The average molecular weight is 427 g/mol. The Kier molecular flexibility index (Phi) is 4.66. The van der Waals surface area contributed by atoms with E-state index in [0.717, 1.165) is 13.0 Å². The zero-order chi connectivity index (χ0) is 20.1. The second kappa shape index (κ2) is 7.21. The van der Waals surface area contributed by atoms with E-state index in [9.17, 15) is 4.79 Å². The van der Waals surface area contributed by atoms with Crippen LogP contribution in [0.5, 0.6) is 0 Å². The normalized spacial score (nSPS) is 21.0. The quantitative estimate of drug-likeness (QED) is 0.585. The predicted octanol–water partition coefficient (Wildman–Crippen LogP) is 5.20. The molecule has 1 aromatic heterocycles. The van der Waals surface area contributed by atoms with Gasteiger partial charge >= 0.3 is 5.97 Å². The Morgan fingerprint density at radius 1 is 1.24 bits per heavy atom. The third kappa shape index (κ3) is 3.16. The first-order chi connectivity index (χ1) is 14.0. The monoisotopic (exact) mass is 426 g/mol. The van der Waals surface area contributed by atoms with Gasteiger partial charge in [0.15, 0.2) is 0 Å². The number of aromatic nitrogens is 1. The largest absolute Gasteiger partial charge is 0.461 e. The number of aromatic amines is 1. The lowest BCUT2D eigenvalue weighted by Crippen LogP contribution is -2.43. The van der Waals surface area contributed by atoms with Gasteiger partial charge in [-0.1, -0.05) is 47.5 Å². The molecule has 0 amide bonds. The molecule has 1 aliphatic carbocycles. The number of benzene rings is 2. The number of nitrogens with zero attached hydrogens (tertiary/aromatic N) is 1. The van der Waals surface area contributed by atoms with Gasteiger partial charge in [0.25, 0.3) is 0 Å². The predicted molar refractivity (Wildman–Crippen MR) is 117 cm³/mol. The Hall–Kier alpha value is -2.27. The van der Waals surface area contributed by atoms with E-state index in [1.807, 2.05) is 0 Å². The molecule has 0 bridgehead atoms. The molecule has 2 aromatic carbocycles. The van der Waals surface area contributed by atoms with Gasteiger partial charge in [0, 0.05) is 35.6 Å². The Morgan fingerprint density at radius 3 is 2.93 bits per heavy atom. The van der Waals surface area contributed by atoms with Crippen molar-refractivity contribution in [3.63, 3.8) is 0 Å². The molecule has 0 unspecified atom stereocenters. The molecule has 148 valence electrons. The number of carbonyl (C=O) groups excluding carboxylic acids is 1. The van der Waals surface area contributed by atoms with E-state index in [4.69, 9.17) is 27.9 Å². The molecule has 2 heterocycles. The molecule has 3 aromatic rings. The highest BCUT2D eigenvalue weighted by atomic mass is 35.5. The van der Waals surface area contributed by atoms with Crippen molar-refractivity contribution < 1.29 is 9.53 Å². The molecule has 4 nitrogen and oxygen atoms in total. The van der Waals surface area contributed by atoms with Crippen LogP contribution in [0, 0.1) is 5.92 Å². The van der Waals surface area contributed by atoms with Gasteiger partial charge < -0.3 is 9.72 Å². The lowest BCUT2D eigenvalue weighted by molar-refractivity contribution is 0.0436. The first-order valence-corrected chi connectivity index (χ1v) is 10.4. The summed E-state index contributed by atoms with van der Waals surface area (Å²) < 4.78 is 5.60. The van der Waals surface area contributed by atoms with E-state index in [1.165, 1.54) is 27.6 Å². The number of ether oxygens (including phenoxy) is 1. The number of hydrogen-bond donors (Lipinski definition) is 1. The number of halogens is 2. The van der Waals surface area contributed by atoms with Crippen molar-refractivity contribution in [3.05, 3.63) is 75.4 Å². The number of nitrogens with one attached hydrogen (secondary N) is 1. The van der Waals surface area contributed by atoms with Gasteiger partial charge in [0.1, 0.15) is 0 Å². The zero-order valence-electron chi connectivity index (χ0n) is 15.9. The molecule has 0 saturated carbocycles. The summed E-state index contributed by atoms with van der Waals surface area (Å²) in [7, 11) is 2.14. The topological polar surface area (TPSA) is 45.3 Å². The molecule has 6 heteroatoms. The Bertz CT molecular complexity index is 1150. The van der Waals surface area contributed by atoms with E-state index in [1.54, 1.807) is 18.2 Å². The SMILES string of the molecule is CN1C[C@H](COC(=O)c2cccc(Cl)c2Cl)C=C2c3cccc4[nH]cc(c34)C[C@H]21. The van der Waals surface area contributed by atoms with E-state index in [-0.39, 0.29) is 10.9 Å². The van der Waals surface area contributed by atoms with E-state index in [2.05, 4.69) is 47.4 Å². The average Bonchev–Trinajstić information content (AvgIpc) is 3.13. The fraction of sp³-hybridized carbons (Fsp3) is 0.261. The summed E-state index contributed by atoms with van der Waals surface area (Å²) in [6.07, 6.45) is 5.40. The number of carbonyl (C=O) groups is 1. The van der Waals surface area contributed by atoms with Crippen LogP contribution in [0.4, 0.5) is 0 Å². The third-order valence-corrected chi connectivity index (χ3v) is 6.76. The number of likely N-dealkylation sites (N-methyl/N-ethyl adjacent to an activating group) is 1. The number of esters is 1. The molecule has 1 aliphatic heterocycles. The van der Waals surface area contributed by atoms with Crippen LogP contribution in [-0.4, -0.2) is 42.1 Å². The van der Waals surface area contributed by atoms with Gasteiger partial charge in [0.05, 0.1) is 22.2 Å². The maximum Gasteiger partial charge on any atom is 0.339 e. The molecule has 2 aliphatic rings. The van der Waals surface area contributed by atoms with Crippen LogP contribution in [0.1, 0.15) is 21.5 Å². The Labute approximate surface area is 179 Å². The second-order valence-electron chi connectivity index (χ2n) is 7.78. The molecule has 2 atom stereocenters. The molecule has 29 heavy (non-hydrogen) atoms. The van der Waals surface area contributed by atoms with E-state index in [0.29, 0.717) is 23.2 Å². The highest BCUT2D eigenvalue weighted by molar-refractivity contribution is 6.43. The van der Waals surface area contributed by atoms with Crippen LogP contribution in [-0.2, 0) is 11.2 Å². The molecule has 0 fully saturated rings. The molecule has 0 saturated heterocycles. The van der Waals surface area contributed by atoms with Crippen molar-refractivity contribution >= 4 is 45.6 Å². The van der Waals surface area contributed by atoms with Gasteiger partial charge in [-0.25, -0.2) is 4.79 Å². The minimum atomic E-state index is -0.445.